The maximum atomic E-state index is 12.8. The molecular weight excluding hydrogens is 316 g/mol. The van der Waals surface area contributed by atoms with Crippen LogP contribution >= 0.6 is 0 Å². The Bertz CT molecular complexity index is 842. The molecule has 0 saturated carbocycles. The zero-order chi connectivity index (χ0) is 17.1. The van der Waals surface area contributed by atoms with Gasteiger partial charge in [-0.3, -0.25) is 9.78 Å². The number of aromatic nitrogens is 1. The van der Waals surface area contributed by atoms with E-state index < -0.39 is 0 Å². The van der Waals surface area contributed by atoms with Crippen LogP contribution in [0.15, 0.2) is 72.9 Å². The molecule has 3 aromatic rings. The summed E-state index contributed by atoms with van der Waals surface area (Å²) in [6, 6.07) is 20.3. The molecule has 1 amide bonds. The van der Waals surface area contributed by atoms with Gasteiger partial charge in [0.1, 0.15) is 0 Å². The summed E-state index contributed by atoms with van der Waals surface area (Å²) < 4.78 is 10.6. The summed E-state index contributed by atoms with van der Waals surface area (Å²) in [6.07, 6.45) is 1.72. The first kappa shape index (κ1) is 15.2. The molecular formula is C20H16N2O3. The molecule has 2 aromatic carbocycles. The van der Waals surface area contributed by atoms with Gasteiger partial charge in [0, 0.05) is 11.8 Å². The quantitative estimate of drug-likeness (QED) is 0.796. The average Bonchev–Trinajstić information content (AvgIpc) is 3.15. The molecule has 25 heavy (non-hydrogen) atoms. The normalized spacial score (nSPS) is 13.3. The summed E-state index contributed by atoms with van der Waals surface area (Å²) in [5.74, 6) is 1.04. The highest BCUT2D eigenvalue weighted by Crippen LogP contribution is 2.32. The first-order valence-corrected chi connectivity index (χ1v) is 7.97. The van der Waals surface area contributed by atoms with E-state index in [0.717, 1.165) is 11.3 Å². The van der Waals surface area contributed by atoms with Crippen molar-refractivity contribution in [1.82, 2.24) is 10.3 Å². The van der Waals surface area contributed by atoms with Crippen LogP contribution in [0.5, 0.6) is 11.5 Å². The lowest BCUT2D eigenvalue weighted by Crippen LogP contribution is -2.29. The number of ether oxygens (including phenoxy) is 2. The Morgan fingerprint density at radius 1 is 0.960 bits per heavy atom. The molecule has 1 aliphatic heterocycles. The summed E-state index contributed by atoms with van der Waals surface area (Å²) in [7, 11) is 0. The van der Waals surface area contributed by atoms with Crippen LogP contribution in [-0.2, 0) is 0 Å². The van der Waals surface area contributed by atoms with Crippen molar-refractivity contribution in [3.8, 4) is 11.5 Å². The average molecular weight is 332 g/mol. The molecule has 124 valence electrons. The molecule has 0 fully saturated rings. The Morgan fingerprint density at radius 3 is 2.56 bits per heavy atom. The van der Waals surface area contributed by atoms with Crippen molar-refractivity contribution in [1.29, 1.82) is 0 Å². The van der Waals surface area contributed by atoms with Crippen LogP contribution in [0, 0.1) is 0 Å². The van der Waals surface area contributed by atoms with E-state index in [4.69, 9.17) is 9.47 Å². The molecule has 5 nitrogen and oxygen atoms in total. The van der Waals surface area contributed by atoms with Crippen LogP contribution in [0.2, 0.25) is 0 Å². The number of benzene rings is 2. The highest BCUT2D eigenvalue weighted by molar-refractivity contribution is 5.95. The zero-order valence-electron chi connectivity index (χ0n) is 13.4. The molecule has 0 spiro atoms. The standard InChI is InChI=1S/C20H16N2O3/c23-20(15-9-10-17-18(12-15)25-13-24-17)22-19(14-6-2-1-3-7-14)16-8-4-5-11-21-16/h1-12,19H,13H2,(H,22,23)/t19-/m0/s1. The van der Waals surface area contributed by atoms with Gasteiger partial charge in [-0.1, -0.05) is 36.4 Å². The second-order valence-electron chi connectivity index (χ2n) is 5.64. The Balaban J connectivity index is 1.63. The van der Waals surface area contributed by atoms with Gasteiger partial charge in [0.15, 0.2) is 11.5 Å². The number of carbonyl (C=O) groups excluding carboxylic acids is 1. The summed E-state index contributed by atoms with van der Waals surface area (Å²) >= 11 is 0. The Morgan fingerprint density at radius 2 is 1.76 bits per heavy atom. The minimum absolute atomic E-state index is 0.182. The van der Waals surface area contributed by atoms with Gasteiger partial charge >= 0.3 is 0 Å². The van der Waals surface area contributed by atoms with E-state index in [1.807, 2.05) is 48.5 Å². The summed E-state index contributed by atoms with van der Waals surface area (Å²) in [4.78, 5) is 17.2. The summed E-state index contributed by atoms with van der Waals surface area (Å²) in [5, 5.41) is 3.06. The number of amides is 1. The molecule has 1 N–H and O–H groups in total. The van der Waals surface area contributed by atoms with Gasteiger partial charge < -0.3 is 14.8 Å². The number of nitrogens with zero attached hydrogens (tertiary/aromatic N) is 1. The molecule has 0 saturated heterocycles. The van der Waals surface area contributed by atoms with Gasteiger partial charge in [-0.05, 0) is 35.9 Å². The van der Waals surface area contributed by atoms with Crippen molar-refractivity contribution < 1.29 is 14.3 Å². The minimum Gasteiger partial charge on any atom is -0.454 e. The number of nitrogens with one attached hydrogen (secondary N) is 1. The maximum absolute atomic E-state index is 12.8. The number of hydrogen-bond donors (Lipinski definition) is 1. The van der Waals surface area contributed by atoms with Gasteiger partial charge in [0.2, 0.25) is 6.79 Å². The SMILES string of the molecule is O=C(N[C@@H](c1ccccc1)c1ccccn1)c1ccc2c(c1)OCO2. The number of pyridine rings is 1. The highest BCUT2D eigenvalue weighted by Gasteiger charge is 2.21. The van der Waals surface area contributed by atoms with Gasteiger partial charge in [-0.2, -0.15) is 0 Å². The van der Waals surface area contributed by atoms with Gasteiger partial charge in [0.25, 0.3) is 5.91 Å². The van der Waals surface area contributed by atoms with E-state index in [1.165, 1.54) is 0 Å². The molecule has 1 aliphatic rings. The number of carbonyl (C=O) groups is 1. The van der Waals surface area contributed by atoms with Crippen molar-refractivity contribution in [2.45, 2.75) is 6.04 Å². The maximum Gasteiger partial charge on any atom is 0.252 e. The van der Waals surface area contributed by atoms with E-state index in [1.54, 1.807) is 24.4 Å². The van der Waals surface area contributed by atoms with E-state index in [2.05, 4.69) is 10.3 Å². The Labute approximate surface area is 145 Å². The van der Waals surface area contributed by atoms with Gasteiger partial charge in [-0.15, -0.1) is 0 Å². The first-order valence-electron chi connectivity index (χ1n) is 7.97. The lowest BCUT2D eigenvalue weighted by Gasteiger charge is -2.19. The minimum atomic E-state index is -0.333. The topological polar surface area (TPSA) is 60.5 Å². The molecule has 0 bridgehead atoms. The zero-order valence-corrected chi connectivity index (χ0v) is 13.4. The second-order valence-corrected chi connectivity index (χ2v) is 5.64. The number of rotatable bonds is 4. The lowest BCUT2D eigenvalue weighted by atomic mass is 10.0. The van der Waals surface area contributed by atoms with E-state index >= 15 is 0 Å². The van der Waals surface area contributed by atoms with Crippen molar-refractivity contribution in [2.75, 3.05) is 6.79 Å². The molecule has 2 heterocycles. The Hall–Kier alpha value is -3.34. The molecule has 1 atom stereocenters. The van der Waals surface area contributed by atoms with E-state index in [0.29, 0.717) is 17.1 Å². The smallest absolute Gasteiger partial charge is 0.252 e. The fourth-order valence-electron chi connectivity index (χ4n) is 2.77. The van der Waals surface area contributed by atoms with Crippen LogP contribution < -0.4 is 14.8 Å². The third kappa shape index (κ3) is 3.17. The van der Waals surface area contributed by atoms with Crippen molar-refractivity contribution in [3.63, 3.8) is 0 Å². The molecule has 5 heteroatoms. The Kier molecular flexibility index (Phi) is 4.04. The molecule has 4 rings (SSSR count). The fraction of sp³-hybridized carbons (Fsp3) is 0.100. The third-order valence-corrected chi connectivity index (χ3v) is 4.03. The number of fused-ring (bicyclic) bond motifs is 1. The first-order chi connectivity index (χ1) is 12.3. The summed E-state index contributed by atoms with van der Waals surface area (Å²) in [5.41, 5.74) is 2.26. The van der Waals surface area contributed by atoms with Crippen LogP contribution in [0.4, 0.5) is 0 Å². The highest BCUT2D eigenvalue weighted by atomic mass is 16.7. The summed E-state index contributed by atoms with van der Waals surface area (Å²) in [6.45, 7) is 0.182. The molecule has 0 aliphatic carbocycles. The second kappa shape index (κ2) is 6.65. The molecule has 0 radical (unpaired) electrons. The predicted molar refractivity (Wildman–Crippen MR) is 92.6 cm³/mol. The predicted octanol–water partition coefficient (Wildman–Crippen LogP) is 3.33. The van der Waals surface area contributed by atoms with E-state index in [9.17, 15) is 4.79 Å². The number of hydrogen-bond acceptors (Lipinski definition) is 4. The van der Waals surface area contributed by atoms with Crippen LogP contribution in [0.1, 0.15) is 27.7 Å². The molecule has 0 unspecified atom stereocenters. The van der Waals surface area contributed by atoms with Crippen molar-refractivity contribution in [3.05, 3.63) is 89.7 Å². The van der Waals surface area contributed by atoms with Gasteiger partial charge in [-0.25, -0.2) is 0 Å². The monoisotopic (exact) mass is 332 g/mol. The van der Waals surface area contributed by atoms with Crippen molar-refractivity contribution >= 4 is 5.91 Å². The molecule has 1 aromatic heterocycles. The van der Waals surface area contributed by atoms with Gasteiger partial charge in [0.05, 0.1) is 11.7 Å². The van der Waals surface area contributed by atoms with Crippen LogP contribution in [0.3, 0.4) is 0 Å². The lowest BCUT2D eigenvalue weighted by molar-refractivity contribution is 0.0942. The fourth-order valence-corrected chi connectivity index (χ4v) is 2.77. The largest absolute Gasteiger partial charge is 0.454 e. The van der Waals surface area contributed by atoms with E-state index in [-0.39, 0.29) is 18.7 Å². The van der Waals surface area contributed by atoms with Crippen molar-refractivity contribution in [2.24, 2.45) is 0 Å². The third-order valence-electron chi connectivity index (χ3n) is 4.03. The van der Waals surface area contributed by atoms with Crippen LogP contribution in [0.25, 0.3) is 0 Å². The van der Waals surface area contributed by atoms with Crippen LogP contribution in [-0.4, -0.2) is 17.7 Å².